The molecular formula is C16H25ClN2O2. The van der Waals surface area contributed by atoms with Crippen LogP contribution < -0.4 is 15.4 Å². The quantitative estimate of drug-likeness (QED) is 0.775. The first-order chi connectivity index (χ1) is 10.0. The van der Waals surface area contributed by atoms with Crippen LogP contribution in [0.5, 0.6) is 5.75 Å². The second-order valence-corrected chi connectivity index (χ2v) is 5.50. The van der Waals surface area contributed by atoms with Gasteiger partial charge in [-0.3, -0.25) is 4.79 Å². The summed E-state index contributed by atoms with van der Waals surface area (Å²) in [7, 11) is 1.86. The number of ether oxygens (including phenoxy) is 1. The van der Waals surface area contributed by atoms with Gasteiger partial charge in [0.2, 0.25) is 0 Å². The van der Waals surface area contributed by atoms with E-state index in [0.717, 1.165) is 18.4 Å². The van der Waals surface area contributed by atoms with Crippen molar-refractivity contribution in [2.45, 2.75) is 52.3 Å². The summed E-state index contributed by atoms with van der Waals surface area (Å²) >= 11 is 6.00. The summed E-state index contributed by atoms with van der Waals surface area (Å²) < 4.78 is 5.79. The summed E-state index contributed by atoms with van der Waals surface area (Å²) in [5.41, 5.74) is 0.937. The average molecular weight is 313 g/mol. The molecule has 1 aromatic carbocycles. The maximum Gasteiger partial charge on any atom is 0.260 e. The van der Waals surface area contributed by atoms with Crippen LogP contribution in [0.2, 0.25) is 5.02 Å². The molecule has 1 aromatic rings. The monoisotopic (exact) mass is 312 g/mol. The summed E-state index contributed by atoms with van der Waals surface area (Å²) in [4.78, 5) is 12.1. The molecule has 0 fully saturated rings. The topological polar surface area (TPSA) is 50.4 Å². The van der Waals surface area contributed by atoms with E-state index >= 15 is 0 Å². The summed E-state index contributed by atoms with van der Waals surface area (Å²) in [6, 6.07) is 5.61. The molecule has 2 N–H and O–H groups in total. The van der Waals surface area contributed by atoms with Crippen molar-refractivity contribution in [3.8, 4) is 5.75 Å². The molecular weight excluding hydrogens is 288 g/mol. The molecule has 4 nitrogen and oxygen atoms in total. The Morgan fingerprint density at radius 3 is 2.57 bits per heavy atom. The van der Waals surface area contributed by atoms with Crippen molar-refractivity contribution in [2.75, 3.05) is 7.05 Å². The highest BCUT2D eigenvalue weighted by atomic mass is 35.5. The molecule has 1 unspecified atom stereocenters. The zero-order valence-corrected chi connectivity index (χ0v) is 14.0. The fourth-order valence-electron chi connectivity index (χ4n) is 2.05. The van der Waals surface area contributed by atoms with E-state index in [4.69, 9.17) is 16.3 Å². The van der Waals surface area contributed by atoms with Crippen LogP contribution in [0.25, 0.3) is 0 Å². The Hall–Kier alpha value is -1.26. The third-order valence-corrected chi connectivity index (χ3v) is 3.63. The summed E-state index contributed by atoms with van der Waals surface area (Å²) in [5, 5.41) is 6.71. The Labute approximate surface area is 132 Å². The van der Waals surface area contributed by atoms with Gasteiger partial charge in [-0.1, -0.05) is 25.4 Å². The highest BCUT2D eigenvalue weighted by Crippen LogP contribution is 2.24. The van der Waals surface area contributed by atoms with Gasteiger partial charge < -0.3 is 15.4 Å². The van der Waals surface area contributed by atoms with Crippen molar-refractivity contribution in [3.05, 3.63) is 28.8 Å². The Kier molecular flexibility index (Phi) is 7.54. The van der Waals surface area contributed by atoms with Crippen molar-refractivity contribution < 1.29 is 9.53 Å². The molecule has 0 radical (unpaired) electrons. The fraction of sp³-hybridized carbons (Fsp3) is 0.562. The maximum absolute atomic E-state index is 12.1. The van der Waals surface area contributed by atoms with Gasteiger partial charge in [-0.05, 0) is 45.0 Å². The molecule has 0 aliphatic heterocycles. The van der Waals surface area contributed by atoms with Crippen molar-refractivity contribution in [1.29, 1.82) is 0 Å². The fourth-order valence-corrected chi connectivity index (χ4v) is 2.24. The maximum atomic E-state index is 12.1. The minimum absolute atomic E-state index is 0.0888. The molecule has 5 heteroatoms. The summed E-state index contributed by atoms with van der Waals surface area (Å²) in [6.45, 7) is 6.51. The molecule has 0 bridgehead atoms. The average Bonchev–Trinajstić information content (AvgIpc) is 2.47. The van der Waals surface area contributed by atoms with Crippen molar-refractivity contribution in [2.24, 2.45) is 0 Å². The van der Waals surface area contributed by atoms with Gasteiger partial charge in [0.1, 0.15) is 5.75 Å². The van der Waals surface area contributed by atoms with E-state index in [9.17, 15) is 4.79 Å². The molecule has 1 atom stereocenters. The lowest BCUT2D eigenvalue weighted by atomic mass is 10.1. The van der Waals surface area contributed by atoms with E-state index in [1.165, 1.54) is 0 Å². The number of amides is 1. The van der Waals surface area contributed by atoms with Gasteiger partial charge in [0.05, 0.1) is 0 Å². The van der Waals surface area contributed by atoms with Gasteiger partial charge in [-0.15, -0.1) is 0 Å². The molecule has 1 rings (SSSR count). The number of halogens is 1. The van der Waals surface area contributed by atoms with E-state index in [2.05, 4.69) is 24.5 Å². The number of carbonyl (C=O) groups is 1. The molecule has 118 valence electrons. The zero-order valence-electron chi connectivity index (χ0n) is 13.2. The number of hydrogen-bond donors (Lipinski definition) is 2. The van der Waals surface area contributed by atoms with Crippen molar-refractivity contribution >= 4 is 17.5 Å². The van der Waals surface area contributed by atoms with Gasteiger partial charge in [0.15, 0.2) is 6.10 Å². The largest absolute Gasteiger partial charge is 0.481 e. The minimum Gasteiger partial charge on any atom is -0.481 e. The predicted octanol–water partition coefficient (Wildman–Crippen LogP) is 3.13. The first-order valence-electron chi connectivity index (χ1n) is 7.41. The van der Waals surface area contributed by atoms with Crippen LogP contribution in [0.4, 0.5) is 0 Å². The zero-order chi connectivity index (χ0) is 15.8. The Bertz CT molecular complexity index is 462. The Balaban J connectivity index is 2.73. The molecule has 0 heterocycles. The van der Waals surface area contributed by atoms with Gasteiger partial charge in [0.25, 0.3) is 5.91 Å². The Morgan fingerprint density at radius 1 is 1.33 bits per heavy atom. The van der Waals surface area contributed by atoms with Gasteiger partial charge in [-0.25, -0.2) is 0 Å². The number of carbonyl (C=O) groups excluding carboxylic acids is 1. The van der Waals surface area contributed by atoms with E-state index < -0.39 is 6.10 Å². The summed E-state index contributed by atoms with van der Waals surface area (Å²) in [5.74, 6) is 0.593. The van der Waals surface area contributed by atoms with Crippen LogP contribution >= 0.6 is 11.6 Å². The molecule has 21 heavy (non-hydrogen) atoms. The SMILES string of the molecule is CCC(CC)NC(=O)C(C)Oc1ccc(Cl)cc1CNC. The van der Waals surface area contributed by atoms with Crippen LogP contribution in [0.3, 0.4) is 0 Å². The van der Waals surface area contributed by atoms with Crippen LogP contribution in [0.1, 0.15) is 39.2 Å². The third kappa shape index (κ3) is 5.56. The number of benzene rings is 1. The third-order valence-electron chi connectivity index (χ3n) is 3.39. The standard InChI is InChI=1S/C16H25ClN2O2/c1-5-14(6-2)19-16(20)11(3)21-15-8-7-13(17)9-12(15)10-18-4/h7-9,11,14,18H,5-6,10H2,1-4H3,(H,19,20). The number of rotatable bonds is 8. The van der Waals surface area contributed by atoms with E-state index in [1.54, 1.807) is 19.1 Å². The van der Waals surface area contributed by atoms with Crippen molar-refractivity contribution in [1.82, 2.24) is 10.6 Å². The van der Waals surface area contributed by atoms with E-state index in [1.807, 2.05) is 13.1 Å². The Morgan fingerprint density at radius 2 is 2.00 bits per heavy atom. The molecule has 0 saturated heterocycles. The van der Waals surface area contributed by atoms with Crippen LogP contribution in [-0.4, -0.2) is 25.1 Å². The molecule has 1 amide bonds. The number of nitrogens with one attached hydrogen (secondary N) is 2. The molecule has 0 saturated carbocycles. The molecule has 0 spiro atoms. The van der Waals surface area contributed by atoms with Gasteiger partial charge >= 0.3 is 0 Å². The first-order valence-corrected chi connectivity index (χ1v) is 7.79. The van der Waals surface area contributed by atoms with Gasteiger partial charge in [-0.2, -0.15) is 0 Å². The van der Waals surface area contributed by atoms with Crippen LogP contribution in [0.15, 0.2) is 18.2 Å². The second kappa shape index (κ2) is 8.90. The molecule has 0 aliphatic rings. The highest BCUT2D eigenvalue weighted by Gasteiger charge is 2.18. The van der Waals surface area contributed by atoms with E-state index in [0.29, 0.717) is 17.3 Å². The lowest BCUT2D eigenvalue weighted by Gasteiger charge is -2.20. The molecule has 0 aliphatic carbocycles. The van der Waals surface area contributed by atoms with Crippen LogP contribution in [-0.2, 0) is 11.3 Å². The highest BCUT2D eigenvalue weighted by molar-refractivity contribution is 6.30. The van der Waals surface area contributed by atoms with Gasteiger partial charge in [0, 0.05) is 23.2 Å². The predicted molar refractivity (Wildman–Crippen MR) is 86.8 cm³/mol. The van der Waals surface area contributed by atoms with Crippen LogP contribution in [0, 0.1) is 0 Å². The molecule has 0 aromatic heterocycles. The second-order valence-electron chi connectivity index (χ2n) is 5.06. The normalized spacial score (nSPS) is 12.3. The smallest absolute Gasteiger partial charge is 0.260 e. The van der Waals surface area contributed by atoms with E-state index in [-0.39, 0.29) is 11.9 Å². The lowest BCUT2D eigenvalue weighted by Crippen LogP contribution is -2.42. The minimum atomic E-state index is -0.539. The van der Waals surface area contributed by atoms with Crippen molar-refractivity contribution in [3.63, 3.8) is 0 Å². The lowest BCUT2D eigenvalue weighted by molar-refractivity contribution is -0.128. The first kappa shape index (κ1) is 17.8. The number of hydrogen-bond acceptors (Lipinski definition) is 3. The summed E-state index contributed by atoms with van der Waals surface area (Å²) in [6.07, 6.45) is 1.30.